The molecule has 1 aromatic heterocycles. The number of carbonyl (C=O) groups is 1. The van der Waals surface area contributed by atoms with Gasteiger partial charge in [-0.1, -0.05) is 30.3 Å². The summed E-state index contributed by atoms with van der Waals surface area (Å²) in [6.45, 7) is 0. The molecule has 1 heterocycles. The second-order valence-electron chi connectivity index (χ2n) is 3.45. The SMILES string of the molecule is O=C1C=C(c2cccs2)c2ccccc21. The number of thiophene rings is 1. The van der Waals surface area contributed by atoms with Crippen LogP contribution in [-0.4, -0.2) is 5.78 Å². The van der Waals surface area contributed by atoms with Gasteiger partial charge in [-0.15, -0.1) is 11.3 Å². The van der Waals surface area contributed by atoms with Crippen molar-refractivity contribution in [1.29, 1.82) is 0 Å². The maximum Gasteiger partial charge on any atom is 0.187 e. The first-order valence-electron chi connectivity index (χ1n) is 4.75. The summed E-state index contributed by atoms with van der Waals surface area (Å²) in [5.74, 6) is 0.119. The number of hydrogen-bond acceptors (Lipinski definition) is 2. The average Bonchev–Trinajstić information content (AvgIpc) is 2.87. The van der Waals surface area contributed by atoms with E-state index in [1.54, 1.807) is 17.4 Å². The summed E-state index contributed by atoms with van der Waals surface area (Å²) in [6, 6.07) is 11.8. The highest BCUT2D eigenvalue weighted by atomic mass is 32.1. The zero-order valence-corrected chi connectivity index (χ0v) is 8.75. The third kappa shape index (κ3) is 1.26. The molecule has 0 saturated carbocycles. The van der Waals surface area contributed by atoms with Crippen molar-refractivity contribution >= 4 is 22.7 Å². The second kappa shape index (κ2) is 3.17. The van der Waals surface area contributed by atoms with Crippen LogP contribution in [0.2, 0.25) is 0 Å². The second-order valence-corrected chi connectivity index (χ2v) is 4.39. The highest BCUT2D eigenvalue weighted by molar-refractivity contribution is 7.11. The Hall–Kier alpha value is -1.67. The van der Waals surface area contributed by atoms with Crippen LogP contribution < -0.4 is 0 Å². The van der Waals surface area contributed by atoms with Crippen LogP contribution in [0.1, 0.15) is 20.8 Å². The lowest BCUT2D eigenvalue weighted by atomic mass is 10.0. The van der Waals surface area contributed by atoms with Crippen molar-refractivity contribution in [1.82, 2.24) is 0 Å². The lowest BCUT2D eigenvalue weighted by Gasteiger charge is -2.01. The summed E-state index contributed by atoms with van der Waals surface area (Å²) in [5, 5.41) is 2.03. The van der Waals surface area contributed by atoms with Gasteiger partial charge in [-0.2, -0.15) is 0 Å². The van der Waals surface area contributed by atoms with E-state index >= 15 is 0 Å². The van der Waals surface area contributed by atoms with E-state index in [0.29, 0.717) is 0 Å². The molecule has 0 N–H and O–H groups in total. The zero-order valence-electron chi connectivity index (χ0n) is 7.94. The van der Waals surface area contributed by atoms with Crippen molar-refractivity contribution < 1.29 is 4.79 Å². The van der Waals surface area contributed by atoms with Crippen molar-refractivity contribution in [2.45, 2.75) is 0 Å². The third-order valence-corrected chi connectivity index (χ3v) is 3.45. The van der Waals surface area contributed by atoms with Crippen molar-refractivity contribution in [2.24, 2.45) is 0 Å². The first kappa shape index (κ1) is 8.62. The maximum absolute atomic E-state index is 11.7. The molecule has 0 spiro atoms. The van der Waals surface area contributed by atoms with Gasteiger partial charge < -0.3 is 0 Å². The molecule has 0 bridgehead atoms. The maximum atomic E-state index is 11.7. The van der Waals surface area contributed by atoms with E-state index in [-0.39, 0.29) is 5.78 Å². The van der Waals surface area contributed by atoms with Gasteiger partial charge in [-0.3, -0.25) is 4.79 Å². The summed E-state index contributed by atoms with van der Waals surface area (Å²) >= 11 is 1.67. The van der Waals surface area contributed by atoms with E-state index in [0.717, 1.165) is 21.6 Å². The molecule has 0 atom stereocenters. The molecule has 0 aliphatic heterocycles. The molecule has 1 aliphatic rings. The van der Waals surface area contributed by atoms with Gasteiger partial charge in [0.1, 0.15) is 0 Å². The fourth-order valence-electron chi connectivity index (χ4n) is 1.86. The fourth-order valence-corrected chi connectivity index (χ4v) is 2.61. The Morgan fingerprint density at radius 1 is 0.933 bits per heavy atom. The molecule has 0 saturated heterocycles. The number of benzene rings is 1. The number of ketones is 1. The molecular formula is C13H8OS. The van der Waals surface area contributed by atoms with Crippen LogP contribution in [-0.2, 0) is 0 Å². The predicted octanol–water partition coefficient (Wildman–Crippen LogP) is 3.38. The fraction of sp³-hybridized carbons (Fsp3) is 0. The van der Waals surface area contributed by atoms with E-state index in [1.807, 2.05) is 41.8 Å². The first-order chi connectivity index (χ1) is 7.36. The Labute approximate surface area is 91.7 Å². The smallest absolute Gasteiger partial charge is 0.187 e. The van der Waals surface area contributed by atoms with E-state index in [4.69, 9.17) is 0 Å². The highest BCUT2D eigenvalue weighted by Crippen LogP contribution is 2.34. The average molecular weight is 212 g/mol. The van der Waals surface area contributed by atoms with E-state index in [1.165, 1.54) is 0 Å². The molecule has 0 unspecified atom stereocenters. The minimum Gasteiger partial charge on any atom is -0.289 e. The molecule has 2 aromatic rings. The number of fused-ring (bicyclic) bond motifs is 1. The molecule has 0 radical (unpaired) electrons. The van der Waals surface area contributed by atoms with Gasteiger partial charge in [-0.25, -0.2) is 0 Å². The molecule has 2 heteroatoms. The largest absolute Gasteiger partial charge is 0.289 e. The van der Waals surface area contributed by atoms with Gasteiger partial charge in [0.15, 0.2) is 5.78 Å². The molecular weight excluding hydrogens is 204 g/mol. The van der Waals surface area contributed by atoms with Crippen molar-refractivity contribution in [3.05, 3.63) is 63.9 Å². The van der Waals surface area contributed by atoms with Crippen LogP contribution >= 0.6 is 11.3 Å². The third-order valence-electron chi connectivity index (χ3n) is 2.54. The van der Waals surface area contributed by atoms with Crippen LogP contribution in [0.3, 0.4) is 0 Å². The van der Waals surface area contributed by atoms with Gasteiger partial charge in [-0.05, 0) is 23.1 Å². The minimum atomic E-state index is 0.119. The summed E-state index contributed by atoms with van der Waals surface area (Å²) < 4.78 is 0. The van der Waals surface area contributed by atoms with E-state index in [9.17, 15) is 4.79 Å². The lowest BCUT2D eigenvalue weighted by Crippen LogP contribution is -1.89. The topological polar surface area (TPSA) is 17.1 Å². The van der Waals surface area contributed by atoms with Crippen LogP contribution in [0.5, 0.6) is 0 Å². The Morgan fingerprint density at radius 3 is 2.47 bits per heavy atom. The predicted molar refractivity (Wildman–Crippen MR) is 62.2 cm³/mol. The molecule has 15 heavy (non-hydrogen) atoms. The van der Waals surface area contributed by atoms with Gasteiger partial charge in [0.25, 0.3) is 0 Å². The van der Waals surface area contributed by atoms with Crippen LogP contribution in [0, 0.1) is 0 Å². The van der Waals surface area contributed by atoms with E-state index < -0.39 is 0 Å². The molecule has 1 aromatic carbocycles. The number of hydrogen-bond donors (Lipinski definition) is 0. The zero-order chi connectivity index (χ0) is 10.3. The van der Waals surface area contributed by atoms with Crippen molar-refractivity contribution in [3.63, 3.8) is 0 Å². The summed E-state index contributed by atoms with van der Waals surface area (Å²) in [7, 11) is 0. The number of allylic oxidation sites excluding steroid dienone is 1. The quantitative estimate of drug-likeness (QED) is 0.708. The summed E-state index contributed by atoms with van der Waals surface area (Å²) in [4.78, 5) is 12.9. The Morgan fingerprint density at radius 2 is 1.73 bits per heavy atom. The van der Waals surface area contributed by atoms with Gasteiger partial charge >= 0.3 is 0 Å². The van der Waals surface area contributed by atoms with Gasteiger partial charge in [0, 0.05) is 16.0 Å². The molecule has 1 aliphatic carbocycles. The Balaban J connectivity index is 2.22. The standard InChI is InChI=1S/C13H8OS/c14-12-8-11(13-6-3-7-15-13)9-4-1-2-5-10(9)12/h1-8H. The van der Waals surface area contributed by atoms with Gasteiger partial charge in [0.05, 0.1) is 0 Å². The lowest BCUT2D eigenvalue weighted by molar-refractivity contribution is 0.105. The Kier molecular flexibility index (Phi) is 1.82. The molecule has 0 amide bonds. The van der Waals surface area contributed by atoms with Crippen molar-refractivity contribution in [2.75, 3.05) is 0 Å². The number of carbonyl (C=O) groups excluding carboxylic acids is 1. The first-order valence-corrected chi connectivity index (χ1v) is 5.63. The Bertz CT molecular complexity index is 550. The molecule has 3 rings (SSSR count). The minimum absolute atomic E-state index is 0.119. The highest BCUT2D eigenvalue weighted by Gasteiger charge is 2.21. The summed E-state index contributed by atoms with van der Waals surface area (Å²) in [6.07, 6.45) is 1.73. The van der Waals surface area contributed by atoms with Gasteiger partial charge in [0.2, 0.25) is 0 Å². The normalized spacial score (nSPS) is 13.9. The number of rotatable bonds is 1. The van der Waals surface area contributed by atoms with Crippen LogP contribution in [0.25, 0.3) is 5.57 Å². The van der Waals surface area contributed by atoms with Crippen LogP contribution in [0.4, 0.5) is 0 Å². The van der Waals surface area contributed by atoms with Crippen LogP contribution in [0.15, 0.2) is 47.9 Å². The summed E-state index contributed by atoms with van der Waals surface area (Å²) in [5.41, 5.74) is 2.94. The molecule has 72 valence electrons. The van der Waals surface area contributed by atoms with E-state index in [2.05, 4.69) is 0 Å². The molecule has 0 fully saturated rings. The van der Waals surface area contributed by atoms with Crippen molar-refractivity contribution in [3.8, 4) is 0 Å². The molecule has 1 nitrogen and oxygen atoms in total. The monoisotopic (exact) mass is 212 g/mol.